The molecular weight excluding hydrogens is 399 g/mol. The number of nitrogens with zero attached hydrogens (tertiary/aromatic N) is 2. The molecule has 0 saturated carbocycles. The molecular formula is C19H19FN4O4S. The van der Waals surface area contributed by atoms with Gasteiger partial charge >= 0.3 is 0 Å². The van der Waals surface area contributed by atoms with Gasteiger partial charge in [0.2, 0.25) is 10.0 Å². The molecule has 1 amide bonds. The van der Waals surface area contributed by atoms with Crippen LogP contribution in [0.2, 0.25) is 0 Å². The lowest BCUT2D eigenvalue weighted by molar-refractivity contribution is 0.101. The lowest BCUT2D eigenvalue weighted by Crippen LogP contribution is -2.41. The molecule has 1 aliphatic rings. The Morgan fingerprint density at radius 3 is 2.93 bits per heavy atom. The van der Waals surface area contributed by atoms with Gasteiger partial charge in [0.15, 0.2) is 0 Å². The summed E-state index contributed by atoms with van der Waals surface area (Å²) >= 11 is 0. The van der Waals surface area contributed by atoms with E-state index in [2.05, 4.69) is 16.6 Å². The van der Waals surface area contributed by atoms with Crippen LogP contribution in [0.3, 0.4) is 0 Å². The standard InChI is InChI=1S/C19H19FN4O4S/c1-3-16(25)15-7-5-13-17(29(27,28)23-15)10-24(2)18(13)19(26)22-12-4-6-14(20)11(8-12)9-21/h3-4,6,8,10,15-16,23,25H,1,5,7H2,2H3,(H,22,26)/t15-,16?/m0/s1. The number of fused-ring (bicyclic) bond motifs is 1. The van der Waals surface area contributed by atoms with Crippen LogP contribution in [0.1, 0.15) is 28.0 Å². The highest BCUT2D eigenvalue weighted by atomic mass is 32.2. The quantitative estimate of drug-likeness (QED) is 0.648. The van der Waals surface area contributed by atoms with E-state index in [-0.39, 0.29) is 34.7 Å². The Kier molecular flexibility index (Phi) is 5.57. The summed E-state index contributed by atoms with van der Waals surface area (Å²) in [4.78, 5) is 12.8. The van der Waals surface area contributed by atoms with Gasteiger partial charge in [-0.2, -0.15) is 5.26 Å². The number of nitrogens with one attached hydrogen (secondary N) is 2. The van der Waals surface area contributed by atoms with E-state index in [0.29, 0.717) is 5.56 Å². The van der Waals surface area contributed by atoms with E-state index in [4.69, 9.17) is 5.26 Å². The molecule has 2 aromatic rings. The third kappa shape index (κ3) is 3.93. The van der Waals surface area contributed by atoms with E-state index in [9.17, 15) is 22.7 Å². The summed E-state index contributed by atoms with van der Waals surface area (Å²) in [6.45, 7) is 3.48. The van der Waals surface area contributed by atoms with Crippen molar-refractivity contribution in [3.05, 3.63) is 59.7 Å². The number of nitriles is 1. The number of rotatable bonds is 4. The topological polar surface area (TPSA) is 124 Å². The van der Waals surface area contributed by atoms with Crippen LogP contribution in [0.15, 0.2) is 41.9 Å². The minimum Gasteiger partial charge on any atom is -0.387 e. The van der Waals surface area contributed by atoms with Gasteiger partial charge in [0.05, 0.1) is 17.7 Å². The average molecular weight is 418 g/mol. The van der Waals surface area contributed by atoms with Crippen molar-refractivity contribution in [2.75, 3.05) is 5.32 Å². The average Bonchev–Trinajstić information content (AvgIpc) is 2.96. The van der Waals surface area contributed by atoms with Gasteiger partial charge < -0.3 is 15.0 Å². The molecule has 0 saturated heterocycles. The van der Waals surface area contributed by atoms with E-state index >= 15 is 0 Å². The molecule has 1 aliphatic heterocycles. The molecule has 0 fully saturated rings. The van der Waals surface area contributed by atoms with Crippen LogP contribution >= 0.6 is 0 Å². The van der Waals surface area contributed by atoms with Crippen LogP contribution in [0.25, 0.3) is 0 Å². The number of carbonyl (C=O) groups excluding carboxylic acids is 1. The van der Waals surface area contributed by atoms with Crippen LogP contribution in [0, 0.1) is 17.1 Å². The maximum absolute atomic E-state index is 13.5. The minimum absolute atomic E-state index is 0.0410. The number of amides is 1. The molecule has 152 valence electrons. The number of aryl methyl sites for hydroxylation is 1. The van der Waals surface area contributed by atoms with Crippen LogP contribution < -0.4 is 10.0 Å². The first-order chi connectivity index (χ1) is 13.7. The summed E-state index contributed by atoms with van der Waals surface area (Å²) in [6, 6.07) is 4.50. The molecule has 2 atom stereocenters. The van der Waals surface area contributed by atoms with E-state index < -0.39 is 33.9 Å². The second-order valence-electron chi connectivity index (χ2n) is 6.68. The molecule has 8 nitrogen and oxygen atoms in total. The van der Waals surface area contributed by atoms with Crippen molar-refractivity contribution in [2.24, 2.45) is 7.05 Å². The maximum Gasteiger partial charge on any atom is 0.272 e. The Labute approximate surface area is 167 Å². The molecule has 1 unspecified atom stereocenters. The Hall–Kier alpha value is -3.00. The van der Waals surface area contributed by atoms with Crippen molar-refractivity contribution in [2.45, 2.75) is 29.9 Å². The third-order valence-corrected chi connectivity index (χ3v) is 6.31. The number of sulfonamides is 1. The highest BCUT2D eigenvalue weighted by Crippen LogP contribution is 2.28. The number of aliphatic hydroxyl groups is 1. The fraction of sp³-hybridized carbons (Fsp3) is 0.263. The fourth-order valence-electron chi connectivity index (χ4n) is 3.32. The molecule has 0 radical (unpaired) electrons. The second kappa shape index (κ2) is 7.79. The van der Waals surface area contributed by atoms with E-state index in [1.165, 1.54) is 29.0 Å². The number of aliphatic hydroxyl groups excluding tert-OH is 1. The second-order valence-corrected chi connectivity index (χ2v) is 8.37. The van der Waals surface area contributed by atoms with E-state index in [1.54, 1.807) is 13.1 Å². The number of benzene rings is 1. The van der Waals surface area contributed by atoms with E-state index in [1.807, 2.05) is 0 Å². The SMILES string of the molecule is C=CC(O)[C@@H]1CCc2c(cn(C)c2C(=O)Nc2ccc(F)c(C#N)c2)S(=O)(=O)N1. The van der Waals surface area contributed by atoms with Crippen molar-refractivity contribution >= 4 is 21.6 Å². The van der Waals surface area contributed by atoms with Crippen molar-refractivity contribution in [1.82, 2.24) is 9.29 Å². The van der Waals surface area contributed by atoms with Crippen LogP contribution in [0.5, 0.6) is 0 Å². The van der Waals surface area contributed by atoms with Gasteiger partial charge in [0, 0.05) is 24.5 Å². The van der Waals surface area contributed by atoms with Crippen molar-refractivity contribution in [3.8, 4) is 6.07 Å². The molecule has 29 heavy (non-hydrogen) atoms. The number of halogens is 1. The maximum atomic E-state index is 13.5. The van der Waals surface area contributed by atoms with Crippen molar-refractivity contribution < 1.29 is 22.7 Å². The molecule has 10 heteroatoms. The summed E-state index contributed by atoms with van der Waals surface area (Å²) < 4.78 is 42.8. The summed E-state index contributed by atoms with van der Waals surface area (Å²) in [5.74, 6) is -1.30. The van der Waals surface area contributed by atoms with Gasteiger partial charge in [-0.05, 0) is 31.0 Å². The zero-order chi connectivity index (χ0) is 21.3. The normalized spacial score (nSPS) is 18.8. The summed E-state index contributed by atoms with van der Waals surface area (Å²) in [7, 11) is -2.42. The van der Waals surface area contributed by atoms with Crippen LogP contribution in [0.4, 0.5) is 10.1 Å². The molecule has 0 bridgehead atoms. The molecule has 0 aliphatic carbocycles. The van der Waals surface area contributed by atoms with Gasteiger partial charge in [0.1, 0.15) is 22.5 Å². The Morgan fingerprint density at radius 2 is 2.28 bits per heavy atom. The monoisotopic (exact) mass is 418 g/mol. The van der Waals surface area contributed by atoms with Gasteiger partial charge in [-0.25, -0.2) is 17.5 Å². The number of hydrogen-bond acceptors (Lipinski definition) is 5. The molecule has 1 aromatic carbocycles. The molecule has 1 aromatic heterocycles. The Bertz CT molecular complexity index is 1130. The number of aromatic nitrogens is 1. The number of hydrogen-bond donors (Lipinski definition) is 3. The van der Waals surface area contributed by atoms with Gasteiger partial charge in [0.25, 0.3) is 5.91 Å². The predicted octanol–water partition coefficient (Wildman–Crippen LogP) is 1.43. The van der Waals surface area contributed by atoms with Gasteiger partial charge in [-0.15, -0.1) is 6.58 Å². The zero-order valence-electron chi connectivity index (χ0n) is 15.5. The Balaban J connectivity index is 1.97. The predicted molar refractivity (Wildman–Crippen MR) is 103 cm³/mol. The summed E-state index contributed by atoms with van der Waals surface area (Å²) in [6.07, 6.45) is 2.01. The largest absolute Gasteiger partial charge is 0.387 e. The lowest BCUT2D eigenvalue weighted by atomic mass is 10.0. The molecule has 3 N–H and O–H groups in total. The zero-order valence-corrected chi connectivity index (χ0v) is 16.3. The highest BCUT2D eigenvalue weighted by molar-refractivity contribution is 7.89. The molecule has 3 rings (SSSR count). The lowest BCUT2D eigenvalue weighted by Gasteiger charge is -2.19. The van der Waals surface area contributed by atoms with Gasteiger partial charge in [-0.3, -0.25) is 4.79 Å². The van der Waals surface area contributed by atoms with Gasteiger partial charge in [-0.1, -0.05) is 6.08 Å². The summed E-state index contributed by atoms with van der Waals surface area (Å²) in [5.41, 5.74) is 0.430. The molecule has 0 spiro atoms. The first-order valence-corrected chi connectivity index (χ1v) is 10.2. The fourth-order valence-corrected chi connectivity index (χ4v) is 4.93. The van der Waals surface area contributed by atoms with Crippen LogP contribution in [-0.2, 0) is 23.5 Å². The first kappa shape index (κ1) is 20.7. The summed E-state index contributed by atoms with van der Waals surface area (Å²) in [5, 5.41) is 21.5. The smallest absolute Gasteiger partial charge is 0.272 e. The molecule has 2 heterocycles. The van der Waals surface area contributed by atoms with E-state index in [0.717, 1.165) is 6.07 Å². The third-order valence-electron chi connectivity index (χ3n) is 4.76. The van der Waals surface area contributed by atoms with Crippen molar-refractivity contribution in [1.29, 1.82) is 5.26 Å². The van der Waals surface area contributed by atoms with Crippen molar-refractivity contribution in [3.63, 3.8) is 0 Å². The number of anilines is 1. The first-order valence-electron chi connectivity index (χ1n) is 8.70. The minimum atomic E-state index is -3.96. The number of carbonyl (C=O) groups is 1. The highest BCUT2D eigenvalue weighted by Gasteiger charge is 2.34. The Morgan fingerprint density at radius 1 is 1.55 bits per heavy atom. The van der Waals surface area contributed by atoms with Crippen LogP contribution in [-0.4, -0.2) is 36.1 Å².